The van der Waals surface area contributed by atoms with Crippen LogP contribution in [0.1, 0.15) is 56.4 Å². The van der Waals surface area contributed by atoms with Crippen LogP contribution in [-0.4, -0.2) is 31.3 Å². The number of fused-ring (bicyclic) bond motifs is 9. The molecule has 1 aliphatic carbocycles. The fourth-order valence-corrected chi connectivity index (χ4v) is 14.2. The Morgan fingerprint density at radius 1 is 0.345 bits per heavy atom. The molecule has 17 aromatic rings. The second-order valence-electron chi connectivity index (χ2n) is 27.8. The van der Waals surface area contributed by atoms with Crippen LogP contribution in [0.15, 0.2) is 394 Å². The molecule has 6 heterocycles. The number of benzene rings is 13. The summed E-state index contributed by atoms with van der Waals surface area (Å²) in [7, 11) is 0. The van der Waals surface area contributed by atoms with Gasteiger partial charge in [-0.05, 0) is 197 Å². The van der Waals surface area contributed by atoms with Crippen molar-refractivity contribution in [2.45, 2.75) is 53.8 Å². The van der Waals surface area contributed by atoms with Gasteiger partial charge in [-0.2, -0.15) is 0 Å². The minimum Gasteiger partial charge on any atom is -0.334 e. The average Bonchev–Trinajstić information content (AvgIpc) is 1.73. The van der Waals surface area contributed by atoms with E-state index >= 15 is 0 Å². The Morgan fingerprint density at radius 2 is 0.827 bits per heavy atom. The lowest BCUT2D eigenvalue weighted by Gasteiger charge is -2.31. The van der Waals surface area contributed by atoms with Gasteiger partial charge in [-0.25, -0.2) is 4.98 Å². The number of aliphatic imine (C=N–C) groups is 1. The molecule has 110 heavy (non-hydrogen) atoms. The molecule has 0 spiro atoms. The molecule has 0 bridgehead atoms. The van der Waals surface area contributed by atoms with E-state index < -0.39 is 0 Å². The van der Waals surface area contributed by atoms with Crippen molar-refractivity contribution in [3.8, 4) is 5.69 Å². The van der Waals surface area contributed by atoms with Gasteiger partial charge in [-0.15, -0.1) is 0 Å². The molecule has 13 aromatic carbocycles. The molecule has 0 amide bonds. The highest BCUT2D eigenvalue weighted by Gasteiger charge is 2.35. The lowest BCUT2D eigenvalue weighted by atomic mass is 10.0. The van der Waals surface area contributed by atoms with Gasteiger partial charge in [0.2, 0.25) is 0 Å². The van der Waals surface area contributed by atoms with Crippen LogP contribution in [0.4, 0.5) is 39.8 Å². The fraction of sp³-hybridized carbons (Fsp3) is 0.0784. The molecule has 0 N–H and O–H groups in total. The average molecular weight is 1420 g/mol. The van der Waals surface area contributed by atoms with Crippen LogP contribution >= 0.6 is 0 Å². The van der Waals surface area contributed by atoms with E-state index in [9.17, 15) is 0 Å². The van der Waals surface area contributed by atoms with Crippen LogP contribution in [0.2, 0.25) is 0 Å². The quantitative estimate of drug-likeness (QED) is 0.117. The van der Waals surface area contributed by atoms with E-state index in [1.807, 2.05) is 49.5 Å². The second kappa shape index (κ2) is 33.7. The van der Waals surface area contributed by atoms with Gasteiger partial charge in [0.25, 0.3) is 0 Å². The molecule has 8 nitrogen and oxygen atoms in total. The summed E-state index contributed by atoms with van der Waals surface area (Å²) in [5.41, 5.74) is 27.2. The van der Waals surface area contributed by atoms with Gasteiger partial charge < -0.3 is 19.3 Å². The number of aryl methyl sites for hydroxylation is 6. The Balaban J connectivity index is 0.000000106. The number of hydrogen-bond acceptors (Lipinski definition) is 7. The van der Waals surface area contributed by atoms with Gasteiger partial charge in [0, 0.05) is 73.8 Å². The highest BCUT2D eigenvalue weighted by Crippen LogP contribution is 2.43. The maximum atomic E-state index is 4.97. The number of hydrogen-bond donors (Lipinski definition) is 0. The summed E-state index contributed by atoms with van der Waals surface area (Å²) < 4.78 is 2.22. The summed E-state index contributed by atoms with van der Waals surface area (Å²) in [6, 6.07) is 123. The van der Waals surface area contributed by atoms with E-state index in [2.05, 4.69) is 427 Å². The molecule has 0 saturated carbocycles. The standard InChI is InChI=1S/C21H17N.C20H18N2.C19H17N.C15H13N.C14H11N.C13H10N2/c1-16-10-14-19(15-11-16)22-20-8-4-2-6-17(20)12-13-18-7-3-5-9-21(18)22;1-15-11-13-16(14-12-15)20-21-18-9-5-6-10-19(18)22(20)17-7-3-2-4-8-17;1-16-12-14-19(15-13-16)20(17-8-4-2-5-9-17)18-10-6-3-7-11-18;1-12-6-8-14(9-7-12)16-11-10-13-4-2-3-5-15(13)16;1-10-11-6-2-4-8-13(11)15-14-9-5-3-7-12(10)14;1-9-4-5-11-7-6-10-3-2-8-14-12(10)13(11)15-9/h2-15H,1H3;2-14,19-20H,1H3;2-15H,1H3;2-11H,1H3;2-9H,1H3;2-8H,1H3. The number of aromatic nitrogens is 4. The Kier molecular flexibility index (Phi) is 22.0. The van der Waals surface area contributed by atoms with Crippen LogP contribution in [-0.2, 0) is 0 Å². The first-order valence-corrected chi connectivity index (χ1v) is 37.6. The predicted molar refractivity (Wildman–Crippen MR) is 467 cm³/mol. The third-order valence-corrected chi connectivity index (χ3v) is 20.0. The SMILES string of the molecule is Cc1c2ccccc2nc2ccccc12.Cc1ccc(-n2ccc3ccccc32)cc1.Cc1ccc(C2N=C3C=CC=CC3N2c2ccccc2)cc1.Cc1ccc(N(c2ccccc2)c2ccccc2)cc1.Cc1ccc(N2c3ccccc3C=Cc3ccccc32)cc1.Cc1ccc2ccc3cccnc3c2n1. The monoisotopic (exact) mass is 1420 g/mol. The zero-order valence-electron chi connectivity index (χ0n) is 62.8. The van der Waals surface area contributed by atoms with Crippen molar-refractivity contribution in [3.05, 3.63) is 439 Å². The first-order valence-electron chi connectivity index (χ1n) is 37.6. The highest BCUT2D eigenvalue weighted by molar-refractivity contribution is 6.06. The van der Waals surface area contributed by atoms with Crippen LogP contribution in [0.25, 0.3) is 72.4 Å². The van der Waals surface area contributed by atoms with Gasteiger partial charge in [-0.1, -0.05) is 283 Å². The molecule has 20 rings (SSSR count). The zero-order valence-corrected chi connectivity index (χ0v) is 62.8. The molecule has 8 heteroatoms. The highest BCUT2D eigenvalue weighted by atomic mass is 15.3. The summed E-state index contributed by atoms with van der Waals surface area (Å²) >= 11 is 0. The van der Waals surface area contributed by atoms with Crippen LogP contribution < -0.4 is 14.7 Å². The van der Waals surface area contributed by atoms with Crippen LogP contribution in [0, 0.1) is 41.5 Å². The normalized spacial score (nSPS) is 13.5. The molecule has 3 aliphatic rings. The molecule has 2 aliphatic heterocycles. The predicted octanol–water partition coefficient (Wildman–Crippen LogP) is 26.6. The van der Waals surface area contributed by atoms with E-state index in [1.54, 1.807) is 0 Å². The Morgan fingerprint density at radius 3 is 1.44 bits per heavy atom. The lowest BCUT2D eigenvalue weighted by Crippen LogP contribution is -2.35. The maximum absolute atomic E-state index is 4.97. The van der Waals surface area contributed by atoms with Crippen LogP contribution in [0.3, 0.4) is 0 Å². The van der Waals surface area contributed by atoms with E-state index in [1.165, 1.54) is 112 Å². The summed E-state index contributed by atoms with van der Waals surface area (Å²) in [6.07, 6.45) is 16.9. The van der Waals surface area contributed by atoms with Gasteiger partial charge in [0.15, 0.2) is 0 Å². The lowest BCUT2D eigenvalue weighted by molar-refractivity contribution is 0.696. The summed E-state index contributed by atoms with van der Waals surface area (Å²) in [5, 5.41) is 6.06. The van der Waals surface area contributed by atoms with E-state index in [-0.39, 0.29) is 12.2 Å². The van der Waals surface area contributed by atoms with Crippen molar-refractivity contribution in [2.75, 3.05) is 14.7 Å². The maximum Gasteiger partial charge on any atom is 0.148 e. The molecule has 0 radical (unpaired) electrons. The van der Waals surface area contributed by atoms with Gasteiger partial charge in [0.05, 0.1) is 50.7 Å². The fourth-order valence-electron chi connectivity index (χ4n) is 14.2. The van der Waals surface area contributed by atoms with Crippen molar-refractivity contribution in [1.29, 1.82) is 0 Å². The Hall–Kier alpha value is -13.8. The molecule has 0 saturated heterocycles. The summed E-state index contributed by atoms with van der Waals surface area (Å²) in [5.74, 6) is 0. The van der Waals surface area contributed by atoms with Crippen LogP contribution in [0.5, 0.6) is 0 Å². The van der Waals surface area contributed by atoms with Gasteiger partial charge in [-0.3, -0.25) is 15.0 Å². The molecule has 0 fully saturated rings. The van der Waals surface area contributed by atoms with Gasteiger partial charge >= 0.3 is 0 Å². The molecular formula is C102H86N8. The largest absolute Gasteiger partial charge is 0.334 e. The smallest absolute Gasteiger partial charge is 0.148 e. The number of allylic oxidation sites excluding steroid dienone is 2. The number of rotatable bonds is 7. The third kappa shape index (κ3) is 16.4. The molecule has 2 atom stereocenters. The van der Waals surface area contributed by atoms with E-state index in [4.69, 9.17) is 4.99 Å². The minimum absolute atomic E-state index is 0.0374. The van der Waals surface area contributed by atoms with Crippen molar-refractivity contribution < 1.29 is 0 Å². The number of para-hydroxylation sites is 8. The minimum atomic E-state index is 0.0374. The first kappa shape index (κ1) is 71.8. The molecule has 4 aromatic heterocycles. The molecular weight excluding hydrogens is 1340 g/mol. The molecule has 534 valence electrons. The number of pyridine rings is 3. The first-order chi connectivity index (χ1) is 54.0. The van der Waals surface area contributed by atoms with Crippen molar-refractivity contribution >= 4 is 112 Å². The van der Waals surface area contributed by atoms with Gasteiger partial charge in [0.1, 0.15) is 6.17 Å². The van der Waals surface area contributed by atoms with Crippen molar-refractivity contribution in [3.63, 3.8) is 0 Å². The second-order valence-corrected chi connectivity index (χ2v) is 27.8. The topological polar surface area (TPSA) is 65.7 Å². The van der Waals surface area contributed by atoms with Crippen molar-refractivity contribution in [2.24, 2.45) is 4.99 Å². The Bertz CT molecular complexity index is 5960. The van der Waals surface area contributed by atoms with E-state index in [0.29, 0.717) is 0 Å². The Labute approximate surface area is 645 Å². The summed E-state index contributed by atoms with van der Waals surface area (Å²) in [6.45, 7) is 12.6. The number of nitrogens with zero attached hydrogens (tertiary/aromatic N) is 8. The van der Waals surface area contributed by atoms with E-state index in [0.717, 1.165) is 44.2 Å². The summed E-state index contributed by atoms with van der Waals surface area (Å²) in [4.78, 5) is 25.5. The third-order valence-electron chi connectivity index (χ3n) is 20.0. The zero-order chi connectivity index (χ0) is 75.1. The van der Waals surface area contributed by atoms with Crippen molar-refractivity contribution in [1.82, 2.24) is 19.5 Å². The number of anilines is 7. The molecule has 2 unspecified atom stereocenters.